The normalized spacial score (nSPS) is 15.0. The van der Waals surface area contributed by atoms with Crippen LogP contribution in [-0.2, 0) is 6.54 Å². The number of anilines is 1. The maximum absolute atomic E-state index is 5.75. The molecule has 3 heterocycles. The van der Waals surface area contributed by atoms with Gasteiger partial charge in [0.15, 0.2) is 5.82 Å². The zero-order valence-corrected chi connectivity index (χ0v) is 11.9. The molecule has 0 aromatic carbocycles. The molecule has 1 aliphatic rings. The van der Waals surface area contributed by atoms with Crippen molar-refractivity contribution in [1.29, 1.82) is 0 Å². The van der Waals surface area contributed by atoms with Crippen molar-refractivity contribution in [2.75, 3.05) is 18.0 Å². The summed E-state index contributed by atoms with van der Waals surface area (Å²) < 4.78 is 0. The van der Waals surface area contributed by atoms with E-state index < -0.39 is 0 Å². The Balaban J connectivity index is 1.87. The molecule has 0 saturated carbocycles. The highest BCUT2D eigenvalue weighted by Crippen LogP contribution is 2.19. The average Bonchev–Trinajstić information content (AvgIpc) is 3.08. The van der Waals surface area contributed by atoms with E-state index in [0.717, 1.165) is 30.2 Å². The van der Waals surface area contributed by atoms with E-state index in [1.54, 1.807) is 12.4 Å². The molecule has 2 aromatic rings. The molecular weight excluding hydrogens is 262 g/mol. The van der Waals surface area contributed by atoms with Gasteiger partial charge in [-0.2, -0.15) is 0 Å². The van der Waals surface area contributed by atoms with E-state index in [4.69, 9.17) is 5.73 Å². The lowest BCUT2D eigenvalue weighted by Crippen LogP contribution is -2.20. The van der Waals surface area contributed by atoms with Crippen molar-refractivity contribution in [3.63, 3.8) is 0 Å². The van der Waals surface area contributed by atoms with Crippen LogP contribution in [0.5, 0.6) is 0 Å². The van der Waals surface area contributed by atoms with Gasteiger partial charge in [-0.15, -0.1) is 0 Å². The Bertz CT molecular complexity index is 618. The van der Waals surface area contributed by atoms with Crippen molar-refractivity contribution in [1.82, 2.24) is 15.0 Å². The first-order valence-corrected chi connectivity index (χ1v) is 7.26. The third-order valence-corrected chi connectivity index (χ3v) is 3.55. The van der Waals surface area contributed by atoms with Gasteiger partial charge in [0, 0.05) is 38.1 Å². The highest BCUT2D eigenvalue weighted by atomic mass is 15.2. The number of nitrogens with two attached hydrogens (primary N) is 1. The van der Waals surface area contributed by atoms with Crippen LogP contribution < -0.4 is 10.6 Å². The first kappa shape index (κ1) is 13.7. The van der Waals surface area contributed by atoms with E-state index in [1.165, 1.54) is 12.8 Å². The maximum Gasteiger partial charge on any atom is 0.154 e. The second kappa shape index (κ2) is 6.45. The highest BCUT2D eigenvalue weighted by Gasteiger charge is 2.14. The maximum atomic E-state index is 5.75. The third kappa shape index (κ3) is 3.44. The average molecular weight is 281 g/mol. The second-order valence-corrected chi connectivity index (χ2v) is 5.09. The van der Waals surface area contributed by atoms with Crippen LogP contribution in [0.4, 0.5) is 5.82 Å². The first-order chi connectivity index (χ1) is 10.3. The van der Waals surface area contributed by atoms with Crippen molar-refractivity contribution in [2.45, 2.75) is 19.4 Å². The molecule has 1 aliphatic heterocycles. The molecule has 0 bridgehead atoms. The van der Waals surface area contributed by atoms with Crippen molar-refractivity contribution in [3.8, 4) is 0 Å². The minimum atomic E-state index is 0.430. The summed E-state index contributed by atoms with van der Waals surface area (Å²) in [7, 11) is 0. The molecule has 3 rings (SSSR count). The number of hydrogen-bond acceptors (Lipinski definition) is 5. The number of hydrogen-bond donors (Lipinski definition) is 1. The highest BCUT2D eigenvalue weighted by molar-refractivity contribution is 5.67. The van der Waals surface area contributed by atoms with E-state index in [-0.39, 0.29) is 0 Å². The van der Waals surface area contributed by atoms with Crippen molar-refractivity contribution >= 4 is 18.0 Å². The largest absolute Gasteiger partial charge is 0.356 e. The van der Waals surface area contributed by atoms with Gasteiger partial charge < -0.3 is 10.6 Å². The van der Waals surface area contributed by atoms with E-state index in [1.807, 2.05) is 30.4 Å². The van der Waals surface area contributed by atoms with Crippen LogP contribution in [0.25, 0.3) is 12.2 Å². The fourth-order valence-electron chi connectivity index (χ4n) is 2.44. The van der Waals surface area contributed by atoms with Gasteiger partial charge in [-0.3, -0.25) is 4.98 Å². The van der Waals surface area contributed by atoms with Crippen LogP contribution in [0.2, 0.25) is 0 Å². The zero-order chi connectivity index (χ0) is 14.5. The molecule has 2 N–H and O–H groups in total. The molecule has 1 saturated heterocycles. The Hall–Kier alpha value is -2.27. The smallest absolute Gasteiger partial charge is 0.154 e. The van der Waals surface area contributed by atoms with E-state index in [0.29, 0.717) is 12.4 Å². The number of aromatic nitrogens is 3. The molecule has 5 nitrogen and oxygen atoms in total. The minimum Gasteiger partial charge on any atom is -0.356 e. The summed E-state index contributed by atoms with van der Waals surface area (Å²) in [6.45, 7) is 2.56. The summed E-state index contributed by atoms with van der Waals surface area (Å²) in [5.74, 6) is 1.69. The Morgan fingerprint density at radius 1 is 1.10 bits per heavy atom. The minimum absolute atomic E-state index is 0.430. The number of rotatable bonds is 4. The number of pyridine rings is 1. The molecule has 0 unspecified atom stereocenters. The summed E-state index contributed by atoms with van der Waals surface area (Å²) >= 11 is 0. The Morgan fingerprint density at radius 2 is 1.86 bits per heavy atom. The fourth-order valence-corrected chi connectivity index (χ4v) is 2.44. The summed E-state index contributed by atoms with van der Waals surface area (Å²) in [6.07, 6.45) is 9.91. The quantitative estimate of drug-likeness (QED) is 0.929. The molecular formula is C16H19N5. The molecule has 21 heavy (non-hydrogen) atoms. The van der Waals surface area contributed by atoms with Gasteiger partial charge in [0.25, 0.3) is 0 Å². The Morgan fingerprint density at radius 3 is 2.57 bits per heavy atom. The first-order valence-electron chi connectivity index (χ1n) is 7.26. The van der Waals surface area contributed by atoms with E-state index >= 15 is 0 Å². The van der Waals surface area contributed by atoms with Gasteiger partial charge >= 0.3 is 0 Å². The van der Waals surface area contributed by atoms with Crippen LogP contribution in [-0.4, -0.2) is 28.0 Å². The van der Waals surface area contributed by atoms with Gasteiger partial charge in [0.1, 0.15) is 5.82 Å². The number of nitrogens with zero attached hydrogens (tertiary/aromatic N) is 4. The predicted molar refractivity (Wildman–Crippen MR) is 84.5 cm³/mol. The molecule has 1 fully saturated rings. The molecule has 5 heteroatoms. The third-order valence-electron chi connectivity index (χ3n) is 3.55. The standard InChI is InChI=1S/C16H19N5/c17-12-14-11-16(21-9-1-2-10-21)20-15(19-14)4-3-13-5-7-18-8-6-13/h3-8,11H,1-2,9-10,12,17H2/b4-3+. The van der Waals surface area contributed by atoms with Gasteiger partial charge in [-0.25, -0.2) is 9.97 Å². The molecule has 108 valence electrons. The van der Waals surface area contributed by atoms with E-state index in [9.17, 15) is 0 Å². The van der Waals surface area contributed by atoms with Gasteiger partial charge in [-0.05, 0) is 36.6 Å². The lowest BCUT2D eigenvalue weighted by atomic mass is 10.2. The Kier molecular flexibility index (Phi) is 4.21. The van der Waals surface area contributed by atoms with Gasteiger partial charge in [0.2, 0.25) is 0 Å². The molecule has 0 spiro atoms. The summed E-state index contributed by atoms with van der Waals surface area (Å²) in [4.78, 5) is 15.4. The van der Waals surface area contributed by atoms with E-state index in [2.05, 4.69) is 19.9 Å². The summed E-state index contributed by atoms with van der Waals surface area (Å²) in [5.41, 5.74) is 7.71. The monoisotopic (exact) mass is 281 g/mol. The van der Waals surface area contributed by atoms with Crippen LogP contribution in [0.1, 0.15) is 29.9 Å². The molecule has 2 aromatic heterocycles. The lowest BCUT2D eigenvalue weighted by Gasteiger charge is -2.17. The zero-order valence-electron chi connectivity index (χ0n) is 11.9. The SMILES string of the molecule is NCc1cc(N2CCCC2)nc(/C=C/c2ccncc2)n1. The van der Waals surface area contributed by atoms with Crippen molar-refractivity contribution in [2.24, 2.45) is 5.73 Å². The molecule has 0 amide bonds. The second-order valence-electron chi connectivity index (χ2n) is 5.09. The predicted octanol–water partition coefficient (Wildman–Crippen LogP) is 2.10. The van der Waals surface area contributed by atoms with Gasteiger partial charge in [0.05, 0.1) is 5.69 Å². The van der Waals surface area contributed by atoms with Crippen LogP contribution in [0.15, 0.2) is 30.6 Å². The van der Waals surface area contributed by atoms with Gasteiger partial charge in [-0.1, -0.05) is 6.08 Å². The van der Waals surface area contributed by atoms with Crippen LogP contribution in [0.3, 0.4) is 0 Å². The Labute approximate surface area is 124 Å². The van der Waals surface area contributed by atoms with Crippen LogP contribution in [0, 0.1) is 0 Å². The topological polar surface area (TPSA) is 67.9 Å². The lowest BCUT2D eigenvalue weighted by molar-refractivity contribution is 0.892. The summed E-state index contributed by atoms with van der Waals surface area (Å²) in [5, 5.41) is 0. The van der Waals surface area contributed by atoms with Crippen molar-refractivity contribution in [3.05, 3.63) is 47.7 Å². The summed E-state index contributed by atoms with van der Waals surface area (Å²) in [6, 6.07) is 5.89. The fraction of sp³-hybridized carbons (Fsp3) is 0.312. The molecule has 0 atom stereocenters. The molecule has 0 radical (unpaired) electrons. The molecule has 0 aliphatic carbocycles. The van der Waals surface area contributed by atoms with Crippen LogP contribution >= 0.6 is 0 Å². The van der Waals surface area contributed by atoms with Crippen molar-refractivity contribution < 1.29 is 0 Å².